The van der Waals surface area contributed by atoms with Gasteiger partial charge in [0.2, 0.25) is 0 Å². The summed E-state index contributed by atoms with van der Waals surface area (Å²) < 4.78 is 5.28. The molecule has 8 bridgehead atoms. The zero-order valence-corrected chi connectivity index (χ0v) is 26.6. The van der Waals surface area contributed by atoms with E-state index in [1.807, 2.05) is 13.0 Å². The van der Waals surface area contributed by atoms with E-state index >= 15 is 0 Å². The van der Waals surface area contributed by atoms with Crippen LogP contribution in [-0.4, -0.2) is 39.6 Å². The van der Waals surface area contributed by atoms with Crippen molar-refractivity contribution in [3.05, 3.63) is 97.5 Å². The van der Waals surface area contributed by atoms with Crippen LogP contribution < -0.4 is 16.0 Å². The van der Waals surface area contributed by atoms with Crippen LogP contribution in [0.4, 0.5) is 0 Å². The van der Waals surface area contributed by atoms with Gasteiger partial charge in [0.15, 0.2) is 5.78 Å². The van der Waals surface area contributed by atoms with Gasteiger partial charge in [0.05, 0.1) is 5.69 Å². The lowest BCUT2D eigenvalue weighted by atomic mass is 9.85. The maximum atomic E-state index is 13.8. The van der Waals surface area contributed by atoms with Crippen molar-refractivity contribution in [2.45, 2.75) is 53.9 Å². The lowest BCUT2D eigenvalue weighted by Gasteiger charge is -2.18. The molecule has 1 fully saturated rings. The molecule has 8 heteroatoms. The van der Waals surface area contributed by atoms with Crippen molar-refractivity contribution in [3.63, 3.8) is 0 Å². The van der Waals surface area contributed by atoms with E-state index in [1.54, 1.807) is 6.08 Å². The molecule has 2 aliphatic heterocycles. The summed E-state index contributed by atoms with van der Waals surface area (Å²) in [6.45, 7) is 18.3. The van der Waals surface area contributed by atoms with Crippen LogP contribution in [0.25, 0.3) is 29.9 Å². The van der Waals surface area contributed by atoms with Crippen LogP contribution in [0.3, 0.4) is 0 Å². The number of fused-ring (bicyclic) bond motifs is 7. The molecule has 1 aliphatic carbocycles. The van der Waals surface area contributed by atoms with Crippen LogP contribution in [0.15, 0.2) is 30.6 Å². The molecule has 0 unspecified atom stereocenters. The number of hydrogen-bond acceptors (Lipinski definition) is 5. The average Bonchev–Trinajstić information content (AvgIpc) is 3.75. The number of esters is 1. The predicted octanol–water partition coefficient (Wildman–Crippen LogP) is 4.90. The van der Waals surface area contributed by atoms with Crippen molar-refractivity contribution in [2.24, 2.45) is 17.8 Å². The van der Waals surface area contributed by atoms with E-state index in [9.17, 15) is 14.4 Å². The first-order valence-electron chi connectivity index (χ1n) is 15.6. The van der Waals surface area contributed by atoms with Gasteiger partial charge in [-0.25, -0.2) is 0 Å². The van der Waals surface area contributed by atoms with E-state index in [0.29, 0.717) is 23.3 Å². The summed E-state index contributed by atoms with van der Waals surface area (Å²) in [5.74, 6) is -1.65. The highest BCUT2D eigenvalue weighted by Crippen LogP contribution is 2.47. The first kappa shape index (κ1) is 30.2. The summed E-state index contributed by atoms with van der Waals surface area (Å²) in [7, 11) is 0. The minimum absolute atomic E-state index is 0.0360. The Labute approximate surface area is 262 Å². The van der Waals surface area contributed by atoms with Crippen LogP contribution in [0.1, 0.15) is 87.6 Å². The number of aromatic amines is 3. The fraction of sp³-hybridized carbons (Fsp3) is 0.324. The quantitative estimate of drug-likeness (QED) is 0.126. The van der Waals surface area contributed by atoms with E-state index in [0.717, 1.165) is 74.1 Å². The van der Waals surface area contributed by atoms with Gasteiger partial charge >= 0.3 is 5.97 Å². The molecular weight excluding hydrogens is 564 g/mol. The molecule has 0 aromatic carbocycles. The maximum absolute atomic E-state index is 13.8. The van der Waals surface area contributed by atoms with Gasteiger partial charge in [0.1, 0.15) is 18.8 Å². The topological polar surface area (TPSA) is 120 Å². The number of carbonyl (C=O) groups is 3. The summed E-state index contributed by atoms with van der Waals surface area (Å²) in [6, 6.07) is 0. The third kappa shape index (κ3) is 4.80. The number of ether oxygens (including phenoxy) is 1. The van der Waals surface area contributed by atoms with Crippen LogP contribution in [0, 0.1) is 38.5 Å². The number of hydrogen-bond donors (Lipinski definition) is 4. The minimum Gasteiger partial charge on any atom is -0.461 e. The molecule has 8 nitrogen and oxygen atoms in total. The normalized spacial score (nSPS) is 24.2. The number of aromatic nitrogens is 3. The Balaban J connectivity index is 1.65. The van der Waals surface area contributed by atoms with E-state index < -0.39 is 5.92 Å². The number of aldehydes is 1. The molecule has 3 aromatic rings. The first-order valence-corrected chi connectivity index (χ1v) is 15.6. The Morgan fingerprint density at radius 3 is 2.40 bits per heavy atom. The smallest absolute Gasteiger partial charge is 0.306 e. The second-order valence-electron chi connectivity index (χ2n) is 12.2. The molecular formula is C37H40N4O4. The Bertz CT molecular complexity index is 1980. The van der Waals surface area contributed by atoms with Crippen LogP contribution in [0.2, 0.25) is 0 Å². The van der Waals surface area contributed by atoms with Gasteiger partial charge in [0, 0.05) is 74.1 Å². The first-order chi connectivity index (χ1) is 21.6. The lowest BCUT2D eigenvalue weighted by Crippen LogP contribution is -2.18. The van der Waals surface area contributed by atoms with Gasteiger partial charge in [-0.3, -0.25) is 9.59 Å². The highest BCUT2D eigenvalue weighted by molar-refractivity contribution is 6.22. The van der Waals surface area contributed by atoms with Gasteiger partial charge < -0.3 is 29.8 Å². The maximum Gasteiger partial charge on any atom is 0.306 e. The summed E-state index contributed by atoms with van der Waals surface area (Å²) >= 11 is 0. The summed E-state index contributed by atoms with van der Waals surface area (Å²) in [4.78, 5) is 49.8. The van der Waals surface area contributed by atoms with Crippen LogP contribution in [0.5, 0.6) is 0 Å². The van der Waals surface area contributed by atoms with E-state index in [2.05, 4.69) is 79.3 Å². The number of rotatable bonds is 8. The Hall–Kier alpha value is -4.85. The number of carbonyl (C=O) groups excluding carboxylic acids is 3. The van der Waals surface area contributed by atoms with E-state index in [-0.39, 0.29) is 36.6 Å². The lowest BCUT2D eigenvalue weighted by molar-refractivity contribution is -0.142. The molecule has 0 saturated carbocycles. The molecule has 0 spiro atoms. The van der Waals surface area contributed by atoms with Crippen molar-refractivity contribution in [1.29, 1.82) is 0 Å². The molecule has 3 atom stereocenters. The van der Waals surface area contributed by atoms with Gasteiger partial charge in [-0.2, -0.15) is 0 Å². The summed E-state index contributed by atoms with van der Waals surface area (Å²) in [5.41, 5.74) is 11.6. The number of H-pyrrole nitrogens is 3. The van der Waals surface area contributed by atoms with Gasteiger partial charge in [-0.1, -0.05) is 39.2 Å². The zero-order chi connectivity index (χ0) is 32.2. The number of Topliss-reactive ketones (excluding diaryl/α,β-unsaturated/α-hetero) is 1. The fourth-order valence-electron chi connectivity index (χ4n) is 7.32. The van der Waals surface area contributed by atoms with Crippen LogP contribution >= 0.6 is 0 Å². The Kier molecular flexibility index (Phi) is 7.77. The third-order valence-electron chi connectivity index (χ3n) is 9.84. The highest BCUT2D eigenvalue weighted by Gasteiger charge is 2.45. The van der Waals surface area contributed by atoms with Crippen LogP contribution in [-0.2, 0) is 20.7 Å². The van der Waals surface area contributed by atoms with Crippen molar-refractivity contribution in [3.8, 4) is 0 Å². The molecule has 232 valence electrons. The minimum atomic E-state index is -0.937. The monoisotopic (exact) mass is 604 g/mol. The molecule has 3 aromatic heterocycles. The second-order valence-corrected chi connectivity index (χ2v) is 12.2. The Morgan fingerprint density at radius 1 is 0.978 bits per heavy atom. The summed E-state index contributed by atoms with van der Waals surface area (Å²) in [6.07, 6.45) is 12.0. The number of nitrogens with one attached hydrogen (secondary N) is 4. The number of ketones is 1. The van der Waals surface area contributed by atoms with E-state index in [1.165, 1.54) is 5.56 Å². The number of allylic oxidation sites excluding steroid dienone is 3. The summed E-state index contributed by atoms with van der Waals surface area (Å²) in [5, 5.41) is 5.61. The highest BCUT2D eigenvalue weighted by atomic mass is 16.5. The zero-order valence-electron chi connectivity index (χ0n) is 26.6. The van der Waals surface area contributed by atoms with E-state index in [4.69, 9.17) is 4.74 Å². The SMILES string of the molecule is C=CCOC(=O)CC[C@@H]1/C2=C3/c4[nH]c(c(C)c4C(=O)[C@@H]3C=O)/C=c3\[nH]/c(c(C)c3CC)=C\c3[nH]c(c(C)c3C=C)/C=C(\N2)[C@H]1C. The van der Waals surface area contributed by atoms with Crippen molar-refractivity contribution in [1.82, 2.24) is 20.3 Å². The standard InChI is InChI=1S/C37H40N4O4/c1-8-13-45-32(43)12-11-24-20(6)28-14-26-18(4)22(9-2)30(38-26)15-27-19(5)23(10-3)31(39-27)16-29-21(7)33-36(41-29)34(35(24)40-28)25(17-42)37(33)44/h8-9,14-17,20,24-25,38-41H,1-2,10-13H2,3-7H3/b27-15-,28-14-,31-16-,35-34-/t20-,24-,25+/m0/s1. The average molecular weight is 605 g/mol. The largest absolute Gasteiger partial charge is 0.461 e. The Morgan fingerprint density at radius 2 is 1.71 bits per heavy atom. The van der Waals surface area contributed by atoms with Crippen molar-refractivity contribution < 1.29 is 19.1 Å². The predicted molar refractivity (Wildman–Crippen MR) is 177 cm³/mol. The molecule has 4 N–H and O–H groups in total. The second kappa shape index (κ2) is 11.6. The molecule has 45 heavy (non-hydrogen) atoms. The molecule has 6 rings (SSSR count). The van der Waals surface area contributed by atoms with Gasteiger partial charge in [-0.15, -0.1) is 0 Å². The fourth-order valence-corrected chi connectivity index (χ4v) is 7.32. The van der Waals surface area contributed by atoms with Crippen molar-refractivity contribution in [2.75, 3.05) is 6.61 Å². The third-order valence-corrected chi connectivity index (χ3v) is 9.84. The molecule has 0 amide bonds. The van der Waals surface area contributed by atoms with Gasteiger partial charge in [0.25, 0.3) is 0 Å². The van der Waals surface area contributed by atoms with Gasteiger partial charge in [-0.05, 0) is 74.1 Å². The molecule has 3 aliphatic rings. The molecule has 0 radical (unpaired) electrons. The van der Waals surface area contributed by atoms with Crippen molar-refractivity contribution >= 4 is 47.9 Å². The molecule has 1 saturated heterocycles. The molecule has 5 heterocycles.